The molecule has 1 atom stereocenters. The number of ether oxygens (including phenoxy) is 1. The van der Waals surface area contributed by atoms with E-state index < -0.39 is 17.2 Å². The number of amides is 3. The molecule has 1 N–H and O–H groups in total. The van der Waals surface area contributed by atoms with Crippen LogP contribution in [0.5, 0.6) is 0 Å². The summed E-state index contributed by atoms with van der Waals surface area (Å²) < 4.78 is 19.3. The molecule has 3 saturated carbocycles. The second-order valence-corrected chi connectivity index (χ2v) is 9.55. The molecule has 7 heteroatoms. The van der Waals surface area contributed by atoms with Gasteiger partial charge in [0.2, 0.25) is 0 Å². The highest BCUT2D eigenvalue weighted by Crippen LogP contribution is 2.66. The van der Waals surface area contributed by atoms with Crippen molar-refractivity contribution in [3.05, 3.63) is 71.0 Å². The average molecular weight is 472 g/mol. The quantitative estimate of drug-likeness (QED) is 0.674. The first kappa shape index (κ1) is 22.8. The largest absolute Gasteiger partial charge is 0.443 e. The molecule has 0 unspecified atom stereocenters. The lowest BCUT2D eigenvalue weighted by molar-refractivity contribution is -0.252. The van der Waals surface area contributed by atoms with Gasteiger partial charge in [-0.15, -0.1) is 12.8 Å². The Labute approximate surface area is 204 Å². The fourth-order valence-electron chi connectivity index (χ4n) is 5.86. The Kier molecular flexibility index (Phi) is 5.65. The number of hydrogen-bond donors (Lipinski definition) is 1. The summed E-state index contributed by atoms with van der Waals surface area (Å²) in [5.74, 6) is 4.65. The van der Waals surface area contributed by atoms with Gasteiger partial charge in [-0.3, -0.25) is 0 Å². The number of hydrogen-bond acceptors (Lipinski definition) is 3. The number of rotatable bonds is 5. The van der Waals surface area contributed by atoms with E-state index in [1.54, 1.807) is 17.0 Å². The van der Waals surface area contributed by atoms with Gasteiger partial charge in [-0.25, -0.2) is 14.0 Å². The molecule has 2 aromatic carbocycles. The van der Waals surface area contributed by atoms with Crippen molar-refractivity contribution in [2.24, 2.45) is 0 Å². The third kappa shape index (κ3) is 3.88. The summed E-state index contributed by atoms with van der Waals surface area (Å²) in [6.07, 6.45) is 12.7. The Bertz CT molecular complexity index is 1220. The van der Waals surface area contributed by atoms with Crippen molar-refractivity contribution < 1.29 is 18.7 Å². The van der Waals surface area contributed by atoms with Gasteiger partial charge in [-0.05, 0) is 35.2 Å². The topological polar surface area (TPSA) is 61.9 Å². The molecule has 1 aliphatic heterocycles. The van der Waals surface area contributed by atoms with Crippen LogP contribution in [0.15, 0.2) is 48.5 Å². The molecule has 3 fully saturated rings. The van der Waals surface area contributed by atoms with Gasteiger partial charge in [0, 0.05) is 25.8 Å². The first-order valence-corrected chi connectivity index (χ1v) is 11.7. The minimum absolute atomic E-state index is 0.100. The molecular formula is C28H26FN3O3. The maximum absolute atomic E-state index is 14.0. The van der Waals surface area contributed by atoms with Crippen molar-refractivity contribution in [3.63, 3.8) is 0 Å². The number of terminal acetylenes is 2. The summed E-state index contributed by atoms with van der Waals surface area (Å²) in [5, 5.41) is 2.51. The zero-order valence-electron chi connectivity index (χ0n) is 19.3. The van der Waals surface area contributed by atoms with Gasteiger partial charge in [0.1, 0.15) is 11.4 Å². The van der Waals surface area contributed by atoms with Crippen LogP contribution < -0.4 is 5.32 Å². The molecule has 6 rings (SSSR count). The number of urea groups is 1. The zero-order valence-corrected chi connectivity index (χ0v) is 19.3. The molecule has 35 heavy (non-hydrogen) atoms. The van der Waals surface area contributed by atoms with E-state index >= 15 is 0 Å². The Morgan fingerprint density at radius 1 is 1.11 bits per heavy atom. The number of carbonyl (C=O) groups is 2. The van der Waals surface area contributed by atoms with E-state index in [1.807, 2.05) is 23.1 Å². The molecule has 2 aromatic rings. The smallest absolute Gasteiger partial charge is 0.408 e. The number of benzene rings is 2. The van der Waals surface area contributed by atoms with Crippen LogP contribution in [-0.4, -0.2) is 52.7 Å². The fourth-order valence-corrected chi connectivity index (χ4v) is 5.86. The zero-order chi connectivity index (χ0) is 24.6. The standard InChI is InChI=1S/C28H26FN3O3/c1-3-14-30-25(33)35-28-17-27(18-28,19-28)32(15-4-2)26(34)31-16-13-20-7-5-6-8-23(20)24(31)21-9-11-22(29)12-10-21/h1-2,5-12,24H,13-19H2,(H,30,33)/t24-,27?,28?/m0/s1. The minimum Gasteiger partial charge on any atom is -0.443 e. The highest BCUT2D eigenvalue weighted by Gasteiger charge is 2.74. The number of nitrogens with one attached hydrogen (secondary N) is 1. The number of alkyl carbamates (subject to hydrolysis) is 1. The van der Waals surface area contributed by atoms with Crippen LogP contribution >= 0.6 is 0 Å². The molecule has 2 bridgehead atoms. The Morgan fingerprint density at radius 3 is 2.51 bits per heavy atom. The third-order valence-electron chi connectivity index (χ3n) is 7.37. The maximum atomic E-state index is 14.0. The van der Waals surface area contributed by atoms with Gasteiger partial charge in [-0.1, -0.05) is 48.2 Å². The highest BCUT2D eigenvalue weighted by atomic mass is 19.1. The number of halogens is 1. The Hall–Kier alpha value is -3.97. The number of carbonyl (C=O) groups excluding carboxylic acids is 2. The molecule has 6 nitrogen and oxygen atoms in total. The summed E-state index contributed by atoms with van der Waals surface area (Å²) in [6, 6.07) is 13.8. The first-order chi connectivity index (χ1) is 16.9. The van der Waals surface area contributed by atoms with Gasteiger partial charge in [-0.2, -0.15) is 0 Å². The summed E-state index contributed by atoms with van der Waals surface area (Å²) in [5.41, 5.74) is 2.04. The lowest BCUT2D eigenvalue weighted by atomic mass is 9.45. The maximum Gasteiger partial charge on any atom is 0.408 e. The third-order valence-corrected chi connectivity index (χ3v) is 7.37. The SMILES string of the molecule is C#CCNC(=O)OC12CC(N(CC#C)C(=O)N3CCc4ccccc4[C@@H]3c3ccc(F)cc3)(C1)C2. The fraction of sp³-hybridized carbons (Fsp3) is 0.357. The van der Waals surface area contributed by atoms with E-state index in [4.69, 9.17) is 17.6 Å². The normalized spacial score (nSPS) is 25.6. The van der Waals surface area contributed by atoms with Gasteiger partial charge in [0.25, 0.3) is 0 Å². The van der Waals surface area contributed by atoms with Crippen LogP contribution in [-0.2, 0) is 11.2 Å². The Balaban J connectivity index is 1.39. The minimum atomic E-state index is -0.573. The summed E-state index contributed by atoms with van der Waals surface area (Å²) >= 11 is 0. The second kappa shape index (κ2) is 8.67. The molecule has 0 radical (unpaired) electrons. The van der Waals surface area contributed by atoms with Crippen molar-refractivity contribution >= 4 is 12.1 Å². The van der Waals surface area contributed by atoms with Crippen LogP contribution in [0.1, 0.15) is 42.0 Å². The van der Waals surface area contributed by atoms with E-state index in [0.717, 1.165) is 17.5 Å². The Morgan fingerprint density at radius 2 is 1.83 bits per heavy atom. The van der Waals surface area contributed by atoms with Crippen molar-refractivity contribution in [1.29, 1.82) is 0 Å². The van der Waals surface area contributed by atoms with E-state index in [2.05, 4.69) is 23.2 Å². The van der Waals surface area contributed by atoms with Crippen molar-refractivity contribution in [3.8, 4) is 24.7 Å². The lowest BCUT2D eigenvalue weighted by Crippen LogP contribution is -2.81. The van der Waals surface area contributed by atoms with E-state index in [1.165, 1.54) is 17.7 Å². The van der Waals surface area contributed by atoms with Crippen molar-refractivity contribution in [2.75, 3.05) is 19.6 Å². The van der Waals surface area contributed by atoms with Crippen LogP contribution in [0.25, 0.3) is 0 Å². The first-order valence-electron chi connectivity index (χ1n) is 11.7. The monoisotopic (exact) mass is 471 g/mol. The van der Waals surface area contributed by atoms with Crippen molar-refractivity contribution in [1.82, 2.24) is 15.1 Å². The molecule has 3 aliphatic carbocycles. The number of fused-ring (bicyclic) bond motifs is 1. The predicted octanol–water partition coefficient (Wildman–Crippen LogP) is 3.86. The van der Waals surface area contributed by atoms with Crippen LogP contribution in [0, 0.1) is 30.5 Å². The van der Waals surface area contributed by atoms with Gasteiger partial charge >= 0.3 is 12.1 Å². The van der Waals surface area contributed by atoms with Crippen LogP contribution in [0.3, 0.4) is 0 Å². The van der Waals surface area contributed by atoms with E-state index in [0.29, 0.717) is 25.8 Å². The predicted molar refractivity (Wildman–Crippen MR) is 129 cm³/mol. The average Bonchev–Trinajstić information content (AvgIpc) is 2.82. The van der Waals surface area contributed by atoms with Crippen molar-refractivity contribution in [2.45, 2.75) is 42.9 Å². The second-order valence-electron chi connectivity index (χ2n) is 9.55. The van der Waals surface area contributed by atoms with E-state index in [9.17, 15) is 14.0 Å². The molecule has 3 amide bonds. The molecule has 0 saturated heterocycles. The van der Waals surface area contributed by atoms with Gasteiger partial charge < -0.3 is 19.9 Å². The number of nitrogens with zero attached hydrogens (tertiary/aromatic N) is 2. The summed E-state index contributed by atoms with van der Waals surface area (Å²) in [6.45, 7) is 0.778. The van der Waals surface area contributed by atoms with Gasteiger partial charge in [0.05, 0.1) is 24.7 Å². The molecule has 4 aliphatic rings. The lowest BCUT2D eigenvalue weighted by Gasteiger charge is -2.71. The van der Waals surface area contributed by atoms with Crippen LogP contribution in [0.2, 0.25) is 0 Å². The molecule has 178 valence electrons. The molecule has 0 spiro atoms. The van der Waals surface area contributed by atoms with E-state index in [-0.39, 0.29) is 31.0 Å². The molecular weight excluding hydrogens is 445 g/mol. The molecule has 1 heterocycles. The highest BCUT2D eigenvalue weighted by molar-refractivity contribution is 5.79. The van der Waals surface area contributed by atoms with Crippen LogP contribution in [0.4, 0.5) is 14.0 Å². The summed E-state index contributed by atoms with van der Waals surface area (Å²) in [7, 11) is 0. The summed E-state index contributed by atoms with van der Waals surface area (Å²) in [4.78, 5) is 29.6. The molecule has 0 aromatic heterocycles. The van der Waals surface area contributed by atoms with Gasteiger partial charge in [0.15, 0.2) is 0 Å².